The summed E-state index contributed by atoms with van der Waals surface area (Å²) in [7, 11) is -2.22. The monoisotopic (exact) mass is 298 g/mol. The van der Waals surface area contributed by atoms with Crippen molar-refractivity contribution in [2.45, 2.75) is 32.0 Å². The van der Waals surface area contributed by atoms with E-state index in [2.05, 4.69) is 10.2 Å². The molecule has 0 aliphatic carbocycles. The molecule has 0 spiro atoms. The van der Waals surface area contributed by atoms with Crippen LogP contribution in [0.5, 0.6) is 0 Å². The lowest BCUT2D eigenvalue weighted by molar-refractivity contribution is 0.396. The number of hydrogen-bond donors (Lipinski definition) is 2. The lowest BCUT2D eigenvalue weighted by Crippen LogP contribution is -2.27. The van der Waals surface area contributed by atoms with E-state index >= 15 is 0 Å². The van der Waals surface area contributed by atoms with E-state index < -0.39 is 10.0 Å². The third-order valence-corrected chi connectivity index (χ3v) is 4.85. The average Bonchev–Trinajstić information content (AvgIpc) is 2.95. The number of furan rings is 1. The lowest BCUT2D eigenvalue weighted by atomic mass is 10.3. The molecule has 7 nitrogen and oxygen atoms in total. The van der Waals surface area contributed by atoms with Gasteiger partial charge in [-0.3, -0.25) is 5.10 Å². The van der Waals surface area contributed by atoms with Gasteiger partial charge in [0.15, 0.2) is 5.03 Å². The maximum Gasteiger partial charge on any atom is 0.262 e. The molecule has 20 heavy (non-hydrogen) atoms. The molecule has 0 aromatic carbocycles. The molecule has 2 heterocycles. The van der Waals surface area contributed by atoms with Crippen LogP contribution in [-0.4, -0.2) is 30.0 Å². The molecule has 0 bridgehead atoms. The molecule has 3 N–H and O–H groups in total. The van der Waals surface area contributed by atoms with Crippen LogP contribution in [0.4, 0.5) is 0 Å². The number of nitrogens with one attached hydrogen (secondary N) is 1. The number of aromatic nitrogens is 2. The molecule has 0 saturated heterocycles. The summed E-state index contributed by atoms with van der Waals surface area (Å²) in [6, 6.07) is 3.54. The zero-order chi connectivity index (χ0) is 14.9. The van der Waals surface area contributed by atoms with Gasteiger partial charge < -0.3 is 10.2 Å². The van der Waals surface area contributed by atoms with Crippen molar-refractivity contribution in [2.24, 2.45) is 5.73 Å². The van der Waals surface area contributed by atoms with E-state index in [1.165, 1.54) is 11.4 Å². The van der Waals surface area contributed by atoms with Gasteiger partial charge in [-0.2, -0.15) is 9.40 Å². The van der Waals surface area contributed by atoms with Gasteiger partial charge in [0, 0.05) is 24.8 Å². The van der Waals surface area contributed by atoms with Crippen LogP contribution >= 0.6 is 0 Å². The fourth-order valence-corrected chi connectivity index (χ4v) is 3.21. The van der Waals surface area contributed by atoms with Crippen molar-refractivity contribution in [3.63, 3.8) is 0 Å². The fraction of sp³-hybridized carbons (Fsp3) is 0.417. The topological polar surface area (TPSA) is 105 Å². The summed E-state index contributed by atoms with van der Waals surface area (Å²) in [6.45, 7) is 3.81. The molecule has 8 heteroatoms. The molecule has 0 radical (unpaired) electrons. The van der Waals surface area contributed by atoms with Gasteiger partial charge in [-0.1, -0.05) is 0 Å². The minimum atomic E-state index is -3.70. The van der Waals surface area contributed by atoms with Crippen molar-refractivity contribution in [1.29, 1.82) is 0 Å². The van der Waals surface area contributed by atoms with Crippen LogP contribution in [0.1, 0.15) is 22.8 Å². The highest BCUT2D eigenvalue weighted by molar-refractivity contribution is 7.89. The van der Waals surface area contributed by atoms with Crippen LogP contribution in [-0.2, 0) is 23.1 Å². The van der Waals surface area contributed by atoms with Crippen molar-refractivity contribution in [1.82, 2.24) is 14.5 Å². The smallest absolute Gasteiger partial charge is 0.262 e. The fourth-order valence-electron chi connectivity index (χ4n) is 1.91. The van der Waals surface area contributed by atoms with Gasteiger partial charge in [-0.05, 0) is 26.0 Å². The number of aromatic amines is 1. The highest BCUT2D eigenvalue weighted by Crippen LogP contribution is 2.21. The molecule has 2 aromatic rings. The van der Waals surface area contributed by atoms with E-state index in [0.29, 0.717) is 17.0 Å². The number of H-pyrrole nitrogens is 1. The van der Waals surface area contributed by atoms with Crippen LogP contribution in [0, 0.1) is 13.8 Å². The minimum Gasteiger partial charge on any atom is -0.465 e. The number of aryl methyl sites for hydroxylation is 2. The van der Waals surface area contributed by atoms with Gasteiger partial charge in [-0.15, -0.1) is 0 Å². The Kier molecular flexibility index (Phi) is 3.98. The normalized spacial score (nSPS) is 12.2. The van der Waals surface area contributed by atoms with Gasteiger partial charge >= 0.3 is 0 Å². The highest BCUT2D eigenvalue weighted by atomic mass is 32.2. The zero-order valence-corrected chi connectivity index (χ0v) is 12.5. The van der Waals surface area contributed by atoms with Gasteiger partial charge in [-0.25, -0.2) is 8.42 Å². The molecule has 0 atom stereocenters. The Balaban J connectivity index is 2.29. The predicted octanol–water partition coefficient (Wildman–Crippen LogP) is 0.899. The molecule has 2 aromatic heterocycles. The maximum absolute atomic E-state index is 12.5. The Hall–Kier alpha value is -1.64. The van der Waals surface area contributed by atoms with E-state index in [1.54, 1.807) is 19.1 Å². The molecule has 2 rings (SSSR count). The summed E-state index contributed by atoms with van der Waals surface area (Å²) in [5.74, 6) is 1.32. The average molecular weight is 298 g/mol. The molecule has 0 amide bonds. The third kappa shape index (κ3) is 2.62. The van der Waals surface area contributed by atoms with Gasteiger partial charge in [0.2, 0.25) is 0 Å². The summed E-state index contributed by atoms with van der Waals surface area (Å²) in [5.41, 5.74) is 6.75. The first-order valence-electron chi connectivity index (χ1n) is 6.11. The van der Waals surface area contributed by atoms with Crippen molar-refractivity contribution in [3.8, 4) is 0 Å². The van der Waals surface area contributed by atoms with Gasteiger partial charge in [0.1, 0.15) is 11.5 Å². The van der Waals surface area contributed by atoms with E-state index in [-0.39, 0.29) is 18.1 Å². The highest BCUT2D eigenvalue weighted by Gasteiger charge is 2.28. The summed E-state index contributed by atoms with van der Waals surface area (Å²) >= 11 is 0. The SMILES string of the molecule is Cc1ccc(CN(C)S(=O)(=O)c2n[nH]c(C)c2CN)o1. The molecule has 0 aliphatic heterocycles. The molecular formula is C12H18N4O3S. The van der Waals surface area contributed by atoms with Crippen molar-refractivity contribution >= 4 is 10.0 Å². The number of sulfonamides is 1. The largest absolute Gasteiger partial charge is 0.465 e. The number of nitrogens with zero attached hydrogens (tertiary/aromatic N) is 2. The third-order valence-electron chi connectivity index (χ3n) is 3.07. The molecule has 0 fully saturated rings. The Morgan fingerprint density at radius 2 is 2.10 bits per heavy atom. The van der Waals surface area contributed by atoms with Crippen LogP contribution in [0.2, 0.25) is 0 Å². The lowest BCUT2D eigenvalue weighted by Gasteiger charge is -2.15. The molecule has 0 saturated carbocycles. The van der Waals surface area contributed by atoms with E-state index in [9.17, 15) is 8.42 Å². The molecular weight excluding hydrogens is 280 g/mol. The second kappa shape index (κ2) is 5.39. The summed E-state index contributed by atoms with van der Waals surface area (Å²) in [6.07, 6.45) is 0. The Bertz CT molecular complexity index is 702. The second-order valence-corrected chi connectivity index (χ2v) is 6.57. The summed E-state index contributed by atoms with van der Waals surface area (Å²) < 4.78 is 31.5. The standard InChI is InChI=1S/C12H18N4O3S/c1-8-4-5-10(19-8)7-16(3)20(17,18)12-11(6-13)9(2)14-15-12/h4-5H,6-7,13H2,1-3H3,(H,14,15). The summed E-state index contributed by atoms with van der Waals surface area (Å²) in [5, 5.41) is 6.49. The number of rotatable bonds is 5. The second-order valence-electron chi connectivity index (χ2n) is 4.61. The summed E-state index contributed by atoms with van der Waals surface area (Å²) in [4.78, 5) is 0. The van der Waals surface area contributed by atoms with Crippen LogP contribution in [0.25, 0.3) is 0 Å². The van der Waals surface area contributed by atoms with Gasteiger partial charge in [0.25, 0.3) is 10.0 Å². The number of nitrogens with two attached hydrogens (primary N) is 1. The van der Waals surface area contributed by atoms with E-state index in [1.807, 2.05) is 6.92 Å². The van der Waals surface area contributed by atoms with Crippen LogP contribution in [0.15, 0.2) is 21.6 Å². The van der Waals surface area contributed by atoms with E-state index in [4.69, 9.17) is 10.2 Å². The first-order chi connectivity index (χ1) is 9.36. The van der Waals surface area contributed by atoms with Crippen LogP contribution < -0.4 is 5.73 Å². The first kappa shape index (κ1) is 14.8. The van der Waals surface area contributed by atoms with Gasteiger partial charge in [0.05, 0.1) is 6.54 Å². The quantitative estimate of drug-likeness (QED) is 0.853. The zero-order valence-electron chi connectivity index (χ0n) is 11.7. The molecule has 0 aliphatic rings. The van der Waals surface area contributed by atoms with Crippen molar-refractivity contribution in [3.05, 3.63) is 34.9 Å². The Morgan fingerprint density at radius 3 is 2.65 bits per heavy atom. The molecule has 0 unspecified atom stereocenters. The minimum absolute atomic E-state index is 0.0247. The van der Waals surface area contributed by atoms with Crippen molar-refractivity contribution < 1.29 is 12.8 Å². The molecule has 110 valence electrons. The first-order valence-corrected chi connectivity index (χ1v) is 7.56. The van der Waals surface area contributed by atoms with Crippen molar-refractivity contribution in [2.75, 3.05) is 7.05 Å². The maximum atomic E-state index is 12.5. The van der Waals surface area contributed by atoms with Crippen LogP contribution in [0.3, 0.4) is 0 Å². The van der Waals surface area contributed by atoms with E-state index in [0.717, 1.165) is 5.76 Å². The predicted molar refractivity (Wildman–Crippen MR) is 73.3 cm³/mol. The Labute approximate surface area is 117 Å². The Morgan fingerprint density at radius 1 is 1.40 bits per heavy atom. The number of hydrogen-bond acceptors (Lipinski definition) is 5.